The lowest BCUT2D eigenvalue weighted by atomic mass is 10.2. The molecule has 0 fully saturated rings. The maximum atomic E-state index is 12.2. The molecule has 144 valence electrons. The summed E-state index contributed by atoms with van der Waals surface area (Å²) >= 11 is 0. The summed E-state index contributed by atoms with van der Waals surface area (Å²) in [6.07, 6.45) is 0. The average Bonchev–Trinajstić information content (AvgIpc) is 2.78. The fourth-order valence-corrected chi connectivity index (χ4v) is 2.81. The number of aromatic nitrogens is 3. The topological polar surface area (TPSA) is 91.8 Å². The van der Waals surface area contributed by atoms with Crippen LogP contribution in [0.5, 0.6) is 0 Å². The molecule has 0 unspecified atom stereocenters. The van der Waals surface area contributed by atoms with E-state index in [2.05, 4.69) is 31.1 Å². The first-order valence-electron chi connectivity index (χ1n) is 9.32. The minimum Gasteiger partial charge on any atom is -0.368 e. The van der Waals surface area contributed by atoms with Crippen molar-refractivity contribution in [1.82, 2.24) is 15.2 Å². The number of hydrogen-bond donors (Lipinski definition) is 3. The Morgan fingerprint density at radius 1 is 0.724 bits per heavy atom. The zero-order valence-electron chi connectivity index (χ0n) is 15.7. The molecular weight excluding hydrogens is 364 g/mol. The molecular formula is C22H20N6O. The number of hydrogen-bond acceptors (Lipinski definition) is 6. The number of amides is 1. The van der Waals surface area contributed by atoms with Gasteiger partial charge in [-0.2, -0.15) is 0 Å². The molecule has 4 aromatic rings. The van der Waals surface area contributed by atoms with Gasteiger partial charge in [-0.25, -0.2) is 4.98 Å². The van der Waals surface area contributed by atoms with Gasteiger partial charge in [0.25, 0.3) is 5.91 Å². The number of carbonyl (C=O) groups is 1. The van der Waals surface area contributed by atoms with Gasteiger partial charge in [-0.15, -0.1) is 10.2 Å². The van der Waals surface area contributed by atoms with E-state index in [1.54, 1.807) is 12.1 Å². The van der Waals surface area contributed by atoms with Gasteiger partial charge in [-0.3, -0.25) is 4.79 Å². The van der Waals surface area contributed by atoms with Crippen LogP contribution in [-0.2, 0) is 0 Å². The monoisotopic (exact) mass is 384 g/mol. The Morgan fingerprint density at radius 2 is 1.45 bits per heavy atom. The molecule has 0 spiro atoms. The van der Waals surface area contributed by atoms with Gasteiger partial charge in [0.15, 0.2) is 5.69 Å². The molecule has 0 aliphatic heterocycles. The second-order valence-electron chi connectivity index (χ2n) is 6.37. The molecule has 0 atom stereocenters. The van der Waals surface area contributed by atoms with Crippen LogP contribution in [0.1, 0.15) is 10.5 Å². The predicted octanol–water partition coefficient (Wildman–Crippen LogP) is 3.80. The molecule has 29 heavy (non-hydrogen) atoms. The van der Waals surface area contributed by atoms with Gasteiger partial charge in [0, 0.05) is 24.2 Å². The van der Waals surface area contributed by atoms with Crippen LogP contribution < -0.4 is 16.0 Å². The van der Waals surface area contributed by atoms with E-state index in [0.717, 1.165) is 22.4 Å². The predicted molar refractivity (Wildman–Crippen MR) is 115 cm³/mol. The molecule has 0 aliphatic rings. The Bertz CT molecular complexity index is 1100. The highest BCUT2D eigenvalue weighted by Crippen LogP contribution is 2.14. The summed E-state index contributed by atoms with van der Waals surface area (Å²) in [7, 11) is 0. The molecule has 1 amide bonds. The molecule has 2 heterocycles. The van der Waals surface area contributed by atoms with Crippen molar-refractivity contribution in [3.05, 3.63) is 84.6 Å². The molecule has 2 aromatic carbocycles. The van der Waals surface area contributed by atoms with Crippen LogP contribution >= 0.6 is 0 Å². The molecule has 3 N–H and O–H groups in total. The fraction of sp³-hybridized carbons (Fsp3) is 0.0909. The number of pyridine rings is 1. The van der Waals surface area contributed by atoms with Crippen molar-refractivity contribution in [2.75, 3.05) is 29.0 Å². The zero-order valence-corrected chi connectivity index (χ0v) is 15.7. The standard InChI is InChI=1S/C22H20N6O/c29-22(25-17-7-2-1-3-8-17)19-11-13-21(28-27-19)24-15-14-23-20-12-10-16-6-4-5-9-18(16)26-20/h1-13H,14-15H2,(H,23,26)(H,24,28)(H,25,29). The summed E-state index contributed by atoms with van der Waals surface area (Å²) in [4.78, 5) is 16.8. The van der Waals surface area contributed by atoms with Crippen molar-refractivity contribution in [3.8, 4) is 0 Å². The summed E-state index contributed by atoms with van der Waals surface area (Å²) in [5, 5.41) is 18.4. The highest BCUT2D eigenvalue weighted by Gasteiger charge is 2.08. The van der Waals surface area contributed by atoms with Crippen molar-refractivity contribution < 1.29 is 4.79 Å². The summed E-state index contributed by atoms with van der Waals surface area (Å²) in [5.74, 6) is 1.14. The highest BCUT2D eigenvalue weighted by atomic mass is 16.1. The average molecular weight is 384 g/mol. The van der Waals surface area contributed by atoms with E-state index in [0.29, 0.717) is 18.9 Å². The van der Waals surface area contributed by atoms with E-state index in [1.165, 1.54) is 0 Å². The minimum absolute atomic E-state index is 0.262. The molecule has 7 nitrogen and oxygen atoms in total. The van der Waals surface area contributed by atoms with Gasteiger partial charge in [-0.1, -0.05) is 36.4 Å². The summed E-state index contributed by atoms with van der Waals surface area (Å²) < 4.78 is 0. The lowest BCUT2D eigenvalue weighted by Gasteiger charge is -2.09. The first kappa shape index (κ1) is 18.4. The van der Waals surface area contributed by atoms with Gasteiger partial charge in [0.05, 0.1) is 5.52 Å². The number of anilines is 3. The molecule has 7 heteroatoms. The highest BCUT2D eigenvalue weighted by molar-refractivity contribution is 6.02. The molecule has 0 saturated heterocycles. The summed E-state index contributed by atoms with van der Waals surface area (Å²) in [6, 6.07) is 24.6. The second-order valence-corrected chi connectivity index (χ2v) is 6.37. The lowest BCUT2D eigenvalue weighted by molar-refractivity contribution is 0.102. The van der Waals surface area contributed by atoms with Crippen LogP contribution in [-0.4, -0.2) is 34.2 Å². The third kappa shape index (κ3) is 4.84. The van der Waals surface area contributed by atoms with Crippen molar-refractivity contribution in [2.24, 2.45) is 0 Å². The van der Waals surface area contributed by atoms with Crippen molar-refractivity contribution >= 4 is 34.1 Å². The smallest absolute Gasteiger partial charge is 0.276 e. The minimum atomic E-state index is -0.292. The lowest BCUT2D eigenvalue weighted by Crippen LogP contribution is -2.17. The molecule has 4 rings (SSSR count). The number of para-hydroxylation sites is 2. The number of rotatable bonds is 7. The maximum absolute atomic E-state index is 12.2. The quantitative estimate of drug-likeness (QED) is 0.420. The zero-order chi connectivity index (χ0) is 19.9. The third-order valence-corrected chi connectivity index (χ3v) is 4.26. The summed E-state index contributed by atoms with van der Waals surface area (Å²) in [6.45, 7) is 1.31. The van der Waals surface area contributed by atoms with E-state index >= 15 is 0 Å². The van der Waals surface area contributed by atoms with E-state index < -0.39 is 0 Å². The molecule has 0 bridgehead atoms. The Morgan fingerprint density at radius 3 is 2.24 bits per heavy atom. The van der Waals surface area contributed by atoms with Crippen LogP contribution in [0.2, 0.25) is 0 Å². The first-order valence-corrected chi connectivity index (χ1v) is 9.32. The number of nitrogens with zero attached hydrogens (tertiary/aromatic N) is 3. The van der Waals surface area contributed by atoms with Gasteiger partial charge < -0.3 is 16.0 Å². The van der Waals surface area contributed by atoms with E-state index in [-0.39, 0.29) is 11.6 Å². The molecule has 0 saturated carbocycles. The van der Waals surface area contributed by atoms with Crippen LogP contribution in [0.4, 0.5) is 17.3 Å². The number of carbonyl (C=O) groups excluding carboxylic acids is 1. The third-order valence-electron chi connectivity index (χ3n) is 4.26. The molecule has 0 radical (unpaired) electrons. The Balaban J connectivity index is 1.26. The fourth-order valence-electron chi connectivity index (χ4n) is 2.81. The first-order chi connectivity index (χ1) is 14.3. The van der Waals surface area contributed by atoms with Gasteiger partial charge in [0.2, 0.25) is 0 Å². The van der Waals surface area contributed by atoms with Crippen molar-refractivity contribution in [3.63, 3.8) is 0 Å². The van der Waals surface area contributed by atoms with Gasteiger partial charge >= 0.3 is 0 Å². The number of benzene rings is 2. The van der Waals surface area contributed by atoms with E-state index in [9.17, 15) is 4.79 Å². The van der Waals surface area contributed by atoms with Crippen LogP contribution in [0, 0.1) is 0 Å². The summed E-state index contributed by atoms with van der Waals surface area (Å²) in [5.41, 5.74) is 1.94. The van der Waals surface area contributed by atoms with Crippen molar-refractivity contribution in [1.29, 1.82) is 0 Å². The normalized spacial score (nSPS) is 10.5. The largest absolute Gasteiger partial charge is 0.368 e. The van der Waals surface area contributed by atoms with E-state index in [4.69, 9.17) is 0 Å². The number of fused-ring (bicyclic) bond motifs is 1. The van der Waals surface area contributed by atoms with Gasteiger partial charge in [0.1, 0.15) is 11.6 Å². The van der Waals surface area contributed by atoms with Crippen LogP contribution in [0.25, 0.3) is 10.9 Å². The SMILES string of the molecule is O=C(Nc1ccccc1)c1ccc(NCCNc2ccc3ccccc3n2)nn1. The number of nitrogens with one attached hydrogen (secondary N) is 3. The van der Waals surface area contributed by atoms with Crippen LogP contribution in [0.3, 0.4) is 0 Å². The van der Waals surface area contributed by atoms with Crippen molar-refractivity contribution in [2.45, 2.75) is 0 Å². The second kappa shape index (κ2) is 8.79. The molecule has 2 aromatic heterocycles. The Labute approximate surface area is 168 Å². The Hall–Kier alpha value is -4.00. The van der Waals surface area contributed by atoms with Gasteiger partial charge in [-0.05, 0) is 42.5 Å². The van der Waals surface area contributed by atoms with E-state index in [1.807, 2.05) is 66.7 Å². The maximum Gasteiger partial charge on any atom is 0.276 e. The molecule has 0 aliphatic carbocycles. The Kier molecular flexibility index (Phi) is 5.57. The van der Waals surface area contributed by atoms with Crippen LogP contribution in [0.15, 0.2) is 78.9 Å².